The Morgan fingerprint density at radius 2 is 2.06 bits per heavy atom. The van der Waals surface area contributed by atoms with Crippen molar-refractivity contribution in [1.29, 1.82) is 5.26 Å². The van der Waals surface area contributed by atoms with Gasteiger partial charge >= 0.3 is 0 Å². The predicted molar refractivity (Wildman–Crippen MR) is 116 cm³/mol. The van der Waals surface area contributed by atoms with Gasteiger partial charge in [-0.05, 0) is 25.0 Å². The van der Waals surface area contributed by atoms with E-state index in [0.717, 1.165) is 0 Å². The number of aryl methyl sites for hydroxylation is 1. The van der Waals surface area contributed by atoms with Crippen LogP contribution in [0.5, 0.6) is 0 Å². The van der Waals surface area contributed by atoms with E-state index in [1.54, 1.807) is 19.1 Å². The van der Waals surface area contributed by atoms with Crippen LogP contribution in [0, 0.1) is 24.1 Å². The highest BCUT2D eigenvalue weighted by Crippen LogP contribution is 2.28. The number of nitrogens with one attached hydrogen (secondary N) is 2. The molecule has 12 heteroatoms. The molecule has 4 aromatic rings. The van der Waals surface area contributed by atoms with Crippen molar-refractivity contribution in [3.63, 3.8) is 0 Å². The molecule has 11 nitrogen and oxygen atoms in total. The lowest BCUT2D eigenvalue weighted by molar-refractivity contribution is 0.627. The van der Waals surface area contributed by atoms with Crippen LogP contribution in [0.15, 0.2) is 29.2 Å². The van der Waals surface area contributed by atoms with Crippen LogP contribution in [-0.4, -0.2) is 29.7 Å². The molecule has 1 atom stereocenters. The van der Waals surface area contributed by atoms with Crippen LogP contribution in [0.4, 0.5) is 22.0 Å². The summed E-state index contributed by atoms with van der Waals surface area (Å²) in [5, 5.41) is 19.1. The third-order valence-electron chi connectivity index (χ3n) is 5.03. The number of nitriles is 1. The lowest BCUT2D eigenvalue weighted by Crippen LogP contribution is -2.29. The van der Waals surface area contributed by atoms with Gasteiger partial charge in [0.05, 0.1) is 17.8 Å². The van der Waals surface area contributed by atoms with Crippen molar-refractivity contribution >= 4 is 28.5 Å². The second-order valence-electron chi connectivity index (χ2n) is 7.05. The van der Waals surface area contributed by atoms with E-state index in [9.17, 15) is 14.4 Å². The molecule has 3 heterocycles. The normalized spacial score (nSPS) is 11.9. The quantitative estimate of drug-likeness (QED) is 0.365. The number of aromatic nitrogens is 6. The maximum atomic E-state index is 14.6. The Balaban J connectivity index is 1.99. The number of fused-ring (bicyclic) bond motifs is 1. The molecule has 0 amide bonds. The first-order chi connectivity index (χ1) is 15.3. The van der Waals surface area contributed by atoms with Crippen molar-refractivity contribution in [3.8, 4) is 11.9 Å². The maximum absolute atomic E-state index is 14.6. The first kappa shape index (κ1) is 20.7. The average molecular weight is 434 g/mol. The van der Waals surface area contributed by atoms with Gasteiger partial charge in [0.2, 0.25) is 5.95 Å². The molecule has 0 aliphatic heterocycles. The lowest BCUT2D eigenvalue weighted by atomic mass is 10.1. The smallest absolute Gasteiger partial charge is 0.270 e. The van der Waals surface area contributed by atoms with Gasteiger partial charge in [0.25, 0.3) is 5.56 Å². The molecule has 0 aliphatic carbocycles. The van der Waals surface area contributed by atoms with Gasteiger partial charge in [-0.25, -0.2) is 13.9 Å². The number of nitrogens with two attached hydrogens (primary N) is 2. The van der Waals surface area contributed by atoms with E-state index in [-0.39, 0.29) is 39.9 Å². The first-order valence-electron chi connectivity index (χ1n) is 9.66. The molecule has 0 spiro atoms. The number of aromatic amines is 1. The Morgan fingerprint density at radius 3 is 2.72 bits per heavy atom. The molecule has 1 unspecified atom stereocenters. The van der Waals surface area contributed by atoms with Crippen molar-refractivity contribution in [1.82, 2.24) is 29.7 Å². The van der Waals surface area contributed by atoms with Crippen LogP contribution >= 0.6 is 0 Å². The topological polar surface area (TPSA) is 177 Å². The molecule has 0 saturated heterocycles. The molecule has 0 radical (unpaired) electrons. The summed E-state index contributed by atoms with van der Waals surface area (Å²) in [7, 11) is 0. The fourth-order valence-electron chi connectivity index (χ4n) is 3.46. The Kier molecular flexibility index (Phi) is 5.15. The average Bonchev–Trinajstić information content (AvgIpc) is 3.28. The summed E-state index contributed by atoms with van der Waals surface area (Å²) < 4.78 is 15.9. The molecule has 162 valence electrons. The summed E-state index contributed by atoms with van der Waals surface area (Å²) in [6.07, 6.45) is 1.89. The predicted octanol–water partition coefficient (Wildman–Crippen LogP) is 1.95. The molecule has 0 fully saturated rings. The zero-order chi connectivity index (χ0) is 23.0. The van der Waals surface area contributed by atoms with Crippen molar-refractivity contribution in [2.45, 2.75) is 26.3 Å². The third kappa shape index (κ3) is 3.35. The third-order valence-corrected chi connectivity index (χ3v) is 5.03. The standard InChI is InChI=1S/C20H19FN10O/c1-3-12(26-17-10(8-22)16(23)28-20(24)29-17)18-27-15-9(2)4-5-11(21)14(15)19(32)31(18)13-6-7-25-30-13/h4-7,12H,3H2,1-2H3,(H,25,30)(H5,23,24,26,28,29). The van der Waals surface area contributed by atoms with Gasteiger partial charge in [0.1, 0.15) is 40.3 Å². The Hall–Kier alpha value is -4.53. The Morgan fingerprint density at radius 1 is 1.28 bits per heavy atom. The molecule has 1 aromatic carbocycles. The van der Waals surface area contributed by atoms with E-state index < -0.39 is 17.4 Å². The van der Waals surface area contributed by atoms with Crippen LogP contribution in [0.2, 0.25) is 0 Å². The number of rotatable bonds is 5. The van der Waals surface area contributed by atoms with Crippen LogP contribution in [0.25, 0.3) is 16.7 Å². The van der Waals surface area contributed by atoms with E-state index in [1.807, 2.05) is 13.0 Å². The number of anilines is 3. The number of halogens is 1. The largest absolute Gasteiger partial charge is 0.382 e. The van der Waals surface area contributed by atoms with Gasteiger partial charge in [0.15, 0.2) is 5.82 Å². The Bertz CT molecular complexity index is 1420. The highest BCUT2D eigenvalue weighted by molar-refractivity contribution is 5.82. The minimum atomic E-state index is -0.674. The highest BCUT2D eigenvalue weighted by atomic mass is 19.1. The second-order valence-corrected chi connectivity index (χ2v) is 7.05. The van der Waals surface area contributed by atoms with Gasteiger partial charge in [-0.2, -0.15) is 20.3 Å². The van der Waals surface area contributed by atoms with Crippen LogP contribution < -0.4 is 22.3 Å². The molecule has 3 aromatic heterocycles. The maximum Gasteiger partial charge on any atom is 0.270 e. The zero-order valence-electron chi connectivity index (χ0n) is 17.2. The molecule has 6 N–H and O–H groups in total. The minimum absolute atomic E-state index is 0.0103. The molecule has 4 rings (SSSR count). The van der Waals surface area contributed by atoms with E-state index in [2.05, 4.69) is 30.5 Å². The van der Waals surface area contributed by atoms with Crippen molar-refractivity contribution in [3.05, 3.63) is 57.5 Å². The monoisotopic (exact) mass is 434 g/mol. The molecular formula is C20H19FN10O. The van der Waals surface area contributed by atoms with Crippen LogP contribution in [0.3, 0.4) is 0 Å². The molecule has 0 aliphatic rings. The zero-order valence-corrected chi connectivity index (χ0v) is 17.2. The van der Waals surface area contributed by atoms with Gasteiger partial charge in [-0.1, -0.05) is 13.0 Å². The van der Waals surface area contributed by atoms with E-state index in [0.29, 0.717) is 17.8 Å². The van der Waals surface area contributed by atoms with E-state index >= 15 is 0 Å². The summed E-state index contributed by atoms with van der Waals surface area (Å²) >= 11 is 0. The van der Waals surface area contributed by atoms with Crippen molar-refractivity contribution < 1.29 is 4.39 Å². The van der Waals surface area contributed by atoms with Gasteiger partial charge in [-0.15, -0.1) is 0 Å². The number of nitrogens with zero attached hydrogens (tertiary/aromatic N) is 6. The summed E-state index contributed by atoms with van der Waals surface area (Å²) in [6, 6.07) is 5.69. The second kappa shape index (κ2) is 7.95. The SMILES string of the molecule is CCC(Nc1nc(N)nc(N)c1C#N)c1nc2c(C)ccc(F)c2c(=O)n1-c1ccn[nH]1. The van der Waals surface area contributed by atoms with E-state index in [4.69, 9.17) is 11.5 Å². The fourth-order valence-corrected chi connectivity index (χ4v) is 3.46. The molecular weight excluding hydrogens is 415 g/mol. The van der Waals surface area contributed by atoms with Crippen LogP contribution in [0.1, 0.15) is 36.3 Å². The van der Waals surface area contributed by atoms with Crippen molar-refractivity contribution in [2.75, 3.05) is 16.8 Å². The molecule has 0 bridgehead atoms. The van der Waals surface area contributed by atoms with Gasteiger partial charge < -0.3 is 16.8 Å². The van der Waals surface area contributed by atoms with E-state index in [1.165, 1.54) is 16.8 Å². The van der Waals surface area contributed by atoms with Crippen molar-refractivity contribution in [2.24, 2.45) is 0 Å². The number of hydrogen-bond acceptors (Lipinski definition) is 9. The summed E-state index contributed by atoms with van der Waals surface area (Å²) in [5.41, 5.74) is 11.8. The number of H-pyrrole nitrogens is 1. The highest BCUT2D eigenvalue weighted by Gasteiger charge is 2.24. The minimum Gasteiger partial charge on any atom is -0.382 e. The number of hydrogen-bond donors (Lipinski definition) is 4. The lowest BCUT2D eigenvalue weighted by Gasteiger charge is -2.22. The number of benzene rings is 1. The summed E-state index contributed by atoms with van der Waals surface area (Å²) in [5.74, 6) is -0.190. The molecule has 32 heavy (non-hydrogen) atoms. The summed E-state index contributed by atoms with van der Waals surface area (Å²) in [6.45, 7) is 3.59. The van der Waals surface area contributed by atoms with Gasteiger partial charge in [-0.3, -0.25) is 9.89 Å². The summed E-state index contributed by atoms with van der Waals surface area (Å²) in [4.78, 5) is 25.9. The van der Waals surface area contributed by atoms with Crippen LogP contribution in [-0.2, 0) is 0 Å². The fraction of sp³-hybridized carbons (Fsp3) is 0.200. The molecule has 0 saturated carbocycles. The Labute approximate surface area is 180 Å². The van der Waals surface area contributed by atoms with Gasteiger partial charge in [0, 0.05) is 6.07 Å². The first-order valence-corrected chi connectivity index (χ1v) is 9.66. The number of nitrogen functional groups attached to an aromatic ring is 2.